The minimum absolute atomic E-state index is 0.267. The number of hydrogen-bond donors (Lipinski definition) is 2. The molecule has 0 bridgehead atoms. The van der Waals surface area contributed by atoms with Gasteiger partial charge in [-0.25, -0.2) is 0 Å². The molecule has 0 aliphatic heterocycles. The molecule has 1 amide bonds. The third-order valence-electron chi connectivity index (χ3n) is 3.30. The Bertz CT molecular complexity index is 211. The Kier molecular flexibility index (Phi) is 2.28. The van der Waals surface area contributed by atoms with E-state index in [9.17, 15) is 4.79 Å². The highest BCUT2D eigenvalue weighted by Crippen LogP contribution is 2.41. The fourth-order valence-corrected chi connectivity index (χ4v) is 2.11. The normalized spacial score (nSPS) is 42.3. The predicted molar refractivity (Wildman–Crippen MR) is 51.0 cm³/mol. The third kappa shape index (κ3) is 1.85. The zero-order chi connectivity index (χ0) is 9.42. The van der Waals surface area contributed by atoms with Crippen molar-refractivity contribution in [2.45, 2.75) is 44.7 Å². The Morgan fingerprint density at radius 3 is 2.62 bits per heavy atom. The number of carbonyl (C=O) groups excluding carboxylic acids is 1. The first-order valence-electron chi connectivity index (χ1n) is 5.26. The second kappa shape index (κ2) is 3.29. The molecule has 74 valence electrons. The van der Waals surface area contributed by atoms with Crippen LogP contribution in [0.1, 0.15) is 32.6 Å². The van der Waals surface area contributed by atoms with Crippen molar-refractivity contribution in [3.05, 3.63) is 0 Å². The molecule has 0 aromatic carbocycles. The summed E-state index contributed by atoms with van der Waals surface area (Å²) in [5.74, 6) is 1.25. The van der Waals surface area contributed by atoms with Gasteiger partial charge in [0.05, 0.1) is 0 Å². The second-order valence-electron chi connectivity index (χ2n) is 4.45. The summed E-state index contributed by atoms with van der Waals surface area (Å²) in [5.41, 5.74) is 5.64. The first-order chi connectivity index (χ1) is 6.20. The van der Waals surface area contributed by atoms with Crippen LogP contribution in [0.25, 0.3) is 0 Å². The van der Waals surface area contributed by atoms with Crippen LogP contribution in [-0.2, 0) is 4.79 Å². The molecule has 0 aromatic rings. The fraction of sp³-hybridized carbons (Fsp3) is 0.900. The average molecular weight is 182 g/mol. The topological polar surface area (TPSA) is 55.1 Å². The Morgan fingerprint density at radius 2 is 2.15 bits per heavy atom. The molecular weight excluding hydrogens is 164 g/mol. The van der Waals surface area contributed by atoms with Gasteiger partial charge in [0.25, 0.3) is 0 Å². The summed E-state index contributed by atoms with van der Waals surface area (Å²) in [5, 5.41) is 3.05. The van der Waals surface area contributed by atoms with E-state index in [0.717, 1.165) is 25.7 Å². The van der Waals surface area contributed by atoms with Crippen LogP contribution < -0.4 is 11.1 Å². The van der Waals surface area contributed by atoms with Gasteiger partial charge in [-0.1, -0.05) is 13.3 Å². The number of rotatable bonds is 3. The summed E-state index contributed by atoms with van der Waals surface area (Å²) in [7, 11) is 0. The van der Waals surface area contributed by atoms with Crippen LogP contribution in [0, 0.1) is 11.8 Å². The van der Waals surface area contributed by atoms with Gasteiger partial charge in [-0.15, -0.1) is 0 Å². The Hall–Kier alpha value is -0.570. The first-order valence-corrected chi connectivity index (χ1v) is 5.26. The van der Waals surface area contributed by atoms with Crippen LogP contribution in [0.15, 0.2) is 0 Å². The molecule has 3 N–H and O–H groups in total. The van der Waals surface area contributed by atoms with Gasteiger partial charge in [0.2, 0.25) is 5.91 Å². The minimum Gasteiger partial charge on any atom is -0.353 e. The average Bonchev–Trinajstić information content (AvgIpc) is 2.79. The maximum absolute atomic E-state index is 11.5. The van der Waals surface area contributed by atoms with E-state index in [1.807, 2.05) is 0 Å². The van der Waals surface area contributed by atoms with E-state index in [1.165, 1.54) is 0 Å². The first kappa shape index (κ1) is 9.00. The van der Waals surface area contributed by atoms with E-state index in [1.54, 1.807) is 0 Å². The van der Waals surface area contributed by atoms with Crippen molar-refractivity contribution in [3.63, 3.8) is 0 Å². The van der Waals surface area contributed by atoms with E-state index in [-0.39, 0.29) is 5.91 Å². The van der Waals surface area contributed by atoms with Crippen LogP contribution in [0.3, 0.4) is 0 Å². The van der Waals surface area contributed by atoms with E-state index in [4.69, 9.17) is 5.73 Å². The van der Waals surface area contributed by atoms with Gasteiger partial charge < -0.3 is 11.1 Å². The van der Waals surface area contributed by atoms with Gasteiger partial charge in [-0.3, -0.25) is 4.79 Å². The quantitative estimate of drug-likeness (QED) is 0.673. The Balaban J connectivity index is 1.68. The summed E-state index contributed by atoms with van der Waals surface area (Å²) in [6, 6.07) is 0.701. The molecule has 0 saturated heterocycles. The maximum atomic E-state index is 11.5. The van der Waals surface area contributed by atoms with Crippen LogP contribution in [0.5, 0.6) is 0 Å². The molecule has 13 heavy (non-hydrogen) atoms. The molecule has 2 atom stereocenters. The highest BCUT2D eigenvalue weighted by atomic mass is 16.2. The molecule has 0 heterocycles. The monoisotopic (exact) mass is 182 g/mol. The van der Waals surface area contributed by atoms with E-state index < -0.39 is 0 Å². The van der Waals surface area contributed by atoms with E-state index >= 15 is 0 Å². The summed E-state index contributed by atoms with van der Waals surface area (Å²) in [6.07, 6.45) is 4.17. The number of hydrogen-bond acceptors (Lipinski definition) is 2. The Morgan fingerprint density at radius 1 is 1.46 bits per heavy atom. The number of nitrogens with one attached hydrogen (secondary N) is 1. The molecule has 2 aliphatic carbocycles. The van der Waals surface area contributed by atoms with Gasteiger partial charge in [-0.05, 0) is 25.2 Å². The zero-order valence-electron chi connectivity index (χ0n) is 8.12. The van der Waals surface area contributed by atoms with Crippen LogP contribution in [0.2, 0.25) is 0 Å². The smallest absolute Gasteiger partial charge is 0.223 e. The molecule has 2 saturated carbocycles. The van der Waals surface area contributed by atoms with Crippen molar-refractivity contribution in [2.75, 3.05) is 0 Å². The highest BCUT2D eigenvalue weighted by molar-refractivity contribution is 5.81. The van der Waals surface area contributed by atoms with Crippen LogP contribution >= 0.6 is 0 Å². The fourth-order valence-electron chi connectivity index (χ4n) is 2.11. The summed E-state index contributed by atoms with van der Waals surface area (Å²) in [4.78, 5) is 11.5. The van der Waals surface area contributed by atoms with Crippen molar-refractivity contribution in [1.29, 1.82) is 0 Å². The molecule has 2 fully saturated rings. The van der Waals surface area contributed by atoms with Gasteiger partial charge in [0.15, 0.2) is 0 Å². The minimum atomic E-state index is 0.267. The number of nitrogens with two attached hydrogens (primary N) is 1. The van der Waals surface area contributed by atoms with Gasteiger partial charge >= 0.3 is 0 Å². The highest BCUT2D eigenvalue weighted by Gasteiger charge is 2.42. The van der Waals surface area contributed by atoms with Crippen LogP contribution in [-0.4, -0.2) is 18.0 Å². The largest absolute Gasteiger partial charge is 0.353 e. The van der Waals surface area contributed by atoms with Crippen LogP contribution in [0.4, 0.5) is 0 Å². The van der Waals surface area contributed by atoms with Gasteiger partial charge in [0, 0.05) is 18.0 Å². The molecule has 2 unspecified atom stereocenters. The summed E-state index contributed by atoms with van der Waals surface area (Å²) in [6.45, 7) is 2.15. The maximum Gasteiger partial charge on any atom is 0.223 e. The molecule has 3 nitrogen and oxygen atoms in total. The third-order valence-corrected chi connectivity index (χ3v) is 3.30. The van der Waals surface area contributed by atoms with E-state index in [0.29, 0.717) is 23.9 Å². The summed E-state index contributed by atoms with van der Waals surface area (Å²) >= 11 is 0. The second-order valence-corrected chi connectivity index (χ2v) is 4.45. The number of carbonyl (C=O) groups is 1. The molecule has 2 aliphatic rings. The van der Waals surface area contributed by atoms with Crippen molar-refractivity contribution >= 4 is 5.91 Å². The van der Waals surface area contributed by atoms with Crippen molar-refractivity contribution in [1.82, 2.24) is 5.32 Å². The Labute approximate surface area is 79.1 Å². The zero-order valence-corrected chi connectivity index (χ0v) is 8.12. The molecule has 0 aromatic heterocycles. The standard InChI is InChI=1S/C10H18N2O/c1-2-6-3-9(6)10(13)12-8-4-7(11)5-8/h6-9H,2-5,11H2,1H3,(H,12,13). The SMILES string of the molecule is CCC1CC1C(=O)NC1CC(N)C1. The number of amides is 1. The van der Waals surface area contributed by atoms with Crippen molar-refractivity contribution < 1.29 is 4.79 Å². The van der Waals surface area contributed by atoms with Crippen molar-refractivity contribution in [2.24, 2.45) is 17.6 Å². The lowest BCUT2D eigenvalue weighted by atomic mass is 9.87. The lowest BCUT2D eigenvalue weighted by Gasteiger charge is -2.33. The summed E-state index contributed by atoms with van der Waals surface area (Å²) < 4.78 is 0. The van der Waals surface area contributed by atoms with Gasteiger partial charge in [0.1, 0.15) is 0 Å². The lowest BCUT2D eigenvalue weighted by Crippen LogP contribution is -2.50. The molecule has 0 spiro atoms. The lowest BCUT2D eigenvalue weighted by molar-refractivity contribution is -0.123. The molecule has 3 heteroatoms. The molecule has 2 rings (SSSR count). The van der Waals surface area contributed by atoms with Crippen molar-refractivity contribution in [3.8, 4) is 0 Å². The molecule has 0 radical (unpaired) electrons. The van der Waals surface area contributed by atoms with Gasteiger partial charge in [-0.2, -0.15) is 0 Å². The predicted octanol–water partition coefficient (Wildman–Crippen LogP) is 0.638. The van der Waals surface area contributed by atoms with E-state index in [2.05, 4.69) is 12.2 Å². The molecular formula is C10H18N2O.